The first-order valence-corrected chi connectivity index (χ1v) is 6.88. The van der Waals surface area contributed by atoms with E-state index in [9.17, 15) is 5.11 Å². The average molecular weight is 272 g/mol. The molecule has 4 nitrogen and oxygen atoms in total. The molecule has 0 radical (unpaired) electrons. The number of aromatic nitrogens is 2. The zero-order valence-electron chi connectivity index (χ0n) is 11.3. The number of aliphatic hydroxyl groups is 1. The average Bonchev–Trinajstić information content (AvgIpc) is 2.81. The van der Waals surface area contributed by atoms with E-state index >= 15 is 0 Å². The van der Waals surface area contributed by atoms with Crippen LogP contribution in [0.25, 0.3) is 0 Å². The number of rotatable bonds is 4. The van der Waals surface area contributed by atoms with E-state index in [-0.39, 0.29) is 12.0 Å². The van der Waals surface area contributed by atoms with Gasteiger partial charge < -0.3 is 10.4 Å². The SMILES string of the molecule is Cc1nn(C)c(Cl)c1CNC1CCCC1(C)CO. The van der Waals surface area contributed by atoms with Gasteiger partial charge in [0.1, 0.15) is 5.15 Å². The number of nitrogens with zero attached hydrogens (tertiary/aromatic N) is 2. The molecule has 1 aliphatic carbocycles. The summed E-state index contributed by atoms with van der Waals surface area (Å²) >= 11 is 6.22. The molecule has 1 aromatic heterocycles. The van der Waals surface area contributed by atoms with Gasteiger partial charge in [0.15, 0.2) is 0 Å². The second kappa shape index (κ2) is 5.19. The van der Waals surface area contributed by atoms with Gasteiger partial charge in [-0.05, 0) is 19.8 Å². The van der Waals surface area contributed by atoms with Gasteiger partial charge in [-0.3, -0.25) is 4.68 Å². The molecule has 5 heteroatoms. The number of halogens is 1. The van der Waals surface area contributed by atoms with Crippen molar-refractivity contribution in [2.24, 2.45) is 12.5 Å². The zero-order valence-corrected chi connectivity index (χ0v) is 12.1. The Kier molecular flexibility index (Phi) is 3.99. The van der Waals surface area contributed by atoms with Crippen molar-refractivity contribution in [3.8, 4) is 0 Å². The summed E-state index contributed by atoms with van der Waals surface area (Å²) in [6.45, 7) is 5.08. The molecule has 0 aromatic carbocycles. The van der Waals surface area contributed by atoms with Crippen molar-refractivity contribution in [2.45, 2.75) is 45.7 Å². The Labute approximate surface area is 113 Å². The van der Waals surface area contributed by atoms with Crippen molar-refractivity contribution in [3.63, 3.8) is 0 Å². The van der Waals surface area contributed by atoms with Crippen LogP contribution in [0.1, 0.15) is 37.4 Å². The summed E-state index contributed by atoms with van der Waals surface area (Å²) in [4.78, 5) is 0. The summed E-state index contributed by atoms with van der Waals surface area (Å²) in [6, 6.07) is 0.359. The van der Waals surface area contributed by atoms with E-state index < -0.39 is 0 Å². The molecule has 0 spiro atoms. The Morgan fingerprint density at radius 1 is 1.61 bits per heavy atom. The lowest BCUT2D eigenvalue weighted by molar-refractivity contribution is 0.118. The van der Waals surface area contributed by atoms with Crippen LogP contribution in [0.5, 0.6) is 0 Å². The highest BCUT2D eigenvalue weighted by atomic mass is 35.5. The first kappa shape index (κ1) is 13.8. The standard InChI is InChI=1S/C13H22ClN3O/c1-9-10(12(14)17(3)16-9)7-15-11-5-4-6-13(11,2)8-18/h11,15,18H,4-8H2,1-3H3. The molecule has 0 aliphatic heterocycles. The highest BCUT2D eigenvalue weighted by Gasteiger charge is 2.37. The van der Waals surface area contributed by atoms with Gasteiger partial charge in [0.2, 0.25) is 0 Å². The van der Waals surface area contributed by atoms with Crippen LogP contribution in [0.3, 0.4) is 0 Å². The highest BCUT2D eigenvalue weighted by molar-refractivity contribution is 6.30. The molecule has 1 heterocycles. The van der Waals surface area contributed by atoms with Gasteiger partial charge >= 0.3 is 0 Å². The predicted molar refractivity (Wildman–Crippen MR) is 72.6 cm³/mol. The van der Waals surface area contributed by atoms with Crippen LogP contribution < -0.4 is 5.32 Å². The molecule has 2 N–H and O–H groups in total. The lowest BCUT2D eigenvalue weighted by Gasteiger charge is -2.30. The van der Waals surface area contributed by atoms with Crippen molar-refractivity contribution in [1.82, 2.24) is 15.1 Å². The molecule has 2 atom stereocenters. The van der Waals surface area contributed by atoms with E-state index in [1.807, 2.05) is 14.0 Å². The Morgan fingerprint density at radius 2 is 2.33 bits per heavy atom. The zero-order chi connectivity index (χ0) is 13.3. The highest BCUT2D eigenvalue weighted by Crippen LogP contribution is 2.37. The van der Waals surface area contributed by atoms with Crippen LogP contribution in [0, 0.1) is 12.3 Å². The van der Waals surface area contributed by atoms with Crippen molar-refractivity contribution < 1.29 is 5.11 Å². The maximum absolute atomic E-state index is 9.52. The van der Waals surface area contributed by atoms with Crippen molar-refractivity contribution in [2.75, 3.05) is 6.61 Å². The van der Waals surface area contributed by atoms with E-state index in [2.05, 4.69) is 17.3 Å². The molecule has 102 valence electrons. The summed E-state index contributed by atoms with van der Waals surface area (Å²) in [6.07, 6.45) is 3.38. The second-order valence-corrected chi connectivity index (χ2v) is 5.97. The Morgan fingerprint density at radius 3 is 2.89 bits per heavy atom. The number of aryl methyl sites for hydroxylation is 2. The van der Waals surface area contributed by atoms with Crippen LogP contribution in [0.2, 0.25) is 5.15 Å². The predicted octanol–water partition coefficient (Wildman–Crippen LogP) is 2.02. The molecular formula is C13H22ClN3O. The maximum atomic E-state index is 9.52. The maximum Gasteiger partial charge on any atom is 0.131 e. The normalized spacial score (nSPS) is 27.9. The first-order chi connectivity index (χ1) is 8.48. The molecule has 0 amide bonds. The molecular weight excluding hydrogens is 250 g/mol. The molecule has 2 rings (SSSR count). The Hall–Kier alpha value is -0.580. The molecule has 1 aliphatic rings. The number of hydrogen-bond acceptors (Lipinski definition) is 3. The van der Waals surface area contributed by atoms with Gasteiger partial charge in [0, 0.05) is 37.2 Å². The molecule has 0 bridgehead atoms. The monoisotopic (exact) mass is 271 g/mol. The molecule has 18 heavy (non-hydrogen) atoms. The summed E-state index contributed by atoms with van der Waals surface area (Å²) < 4.78 is 1.70. The lowest BCUT2D eigenvalue weighted by atomic mass is 9.86. The summed E-state index contributed by atoms with van der Waals surface area (Å²) in [5.74, 6) is 0. The van der Waals surface area contributed by atoms with Crippen LogP contribution >= 0.6 is 11.6 Å². The third-order valence-corrected chi connectivity index (χ3v) is 4.71. The second-order valence-electron chi connectivity index (χ2n) is 5.62. The van der Waals surface area contributed by atoms with Gasteiger partial charge in [-0.1, -0.05) is 24.9 Å². The fourth-order valence-corrected chi connectivity index (χ4v) is 3.11. The number of hydrogen-bond donors (Lipinski definition) is 2. The van der Waals surface area contributed by atoms with Crippen molar-refractivity contribution in [1.29, 1.82) is 0 Å². The molecule has 1 saturated carbocycles. The van der Waals surface area contributed by atoms with Gasteiger partial charge in [-0.15, -0.1) is 0 Å². The molecule has 2 unspecified atom stereocenters. The van der Waals surface area contributed by atoms with Gasteiger partial charge in [0.25, 0.3) is 0 Å². The van der Waals surface area contributed by atoms with Gasteiger partial charge in [-0.25, -0.2) is 0 Å². The minimum Gasteiger partial charge on any atom is -0.396 e. The molecule has 1 aromatic rings. The Balaban J connectivity index is 2.03. The minimum atomic E-state index is 0.00257. The Bertz CT molecular complexity index is 432. The van der Waals surface area contributed by atoms with E-state index in [0.717, 1.165) is 30.6 Å². The fourth-order valence-electron chi connectivity index (χ4n) is 2.87. The molecule has 1 fully saturated rings. The quantitative estimate of drug-likeness (QED) is 0.881. The molecule has 0 saturated heterocycles. The van der Waals surface area contributed by atoms with Crippen LogP contribution in [-0.4, -0.2) is 27.5 Å². The largest absolute Gasteiger partial charge is 0.396 e. The van der Waals surface area contributed by atoms with E-state index in [1.54, 1.807) is 4.68 Å². The minimum absolute atomic E-state index is 0.00257. The number of aliphatic hydroxyl groups excluding tert-OH is 1. The van der Waals surface area contributed by atoms with E-state index in [4.69, 9.17) is 11.6 Å². The third kappa shape index (κ3) is 2.42. The van der Waals surface area contributed by atoms with Crippen LogP contribution in [0.15, 0.2) is 0 Å². The third-order valence-electron chi connectivity index (χ3n) is 4.24. The van der Waals surface area contributed by atoms with E-state index in [0.29, 0.717) is 11.2 Å². The topological polar surface area (TPSA) is 50.1 Å². The van der Waals surface area contributed by atoms with Crippen LogP contribution in [-0.2, 0) is 13.6 Å². The van der Waals surface area contributed by atoms with Gasteiger partial charge in [0.05, 0.1) is 5.69 Å². The van der Waals surface area contributed by atoms with Crippen molar-refractivity contribution in [3.05, 3.63) is 16.4 Å². The lowest BCUT2D eigenvalue weighted by Crippen LogP contribution is -2.41. The number of nitrogens with one attached hydrogen (secondary N) is 1. The first-order valence-electron chi connectivity index (χ1n) is 6.50. The van der Waals surface area contributed by atoms with Crippen molar-refractivity contribution >= 4 is 11.6 Å². The smallest absolute Gasteiger partial charge is 0.131 e. The fraction of sp³-hybridized carbons (Fsp3) is 0.769. The van der Waals surface area contributed by atoms with E-state index in [1.165, 1.54) is 6.42 Å². The summed E-state index contributed by atoms with van der Waals surface area (Å²) in [5.41, 5.74) is 2.04. The summed E-state index contributed by atoms with van der Waals surface area (Å²) in [5, 5.41) is 18.1. The van der Waals surface area contributed by atoms with Gasteiger partial charge in [-0.2, -0.15) is 5.10 Å². The summed E-state index contributed by atoms with van der Waals surface area (Å²) in [7, 11) is 1.85. The van der Waals surface area contributed by atoms with Crippen LogP contribution in [0.4, 0.5) is 0 Å².